The van der Waals surface area contributed by atoms with Crippen molar-refractivity contribution in [2.75, 3.05) is 30.1 Å². The lowest BCUT2D eigenvalue weighted by Crippen LogP contribution is -2.26. The second-order valence-corrected chi connectivity index (χ2v) is 6.44. The van der Waals surface area contributed by atoms with Gasteiger partial charge in [-0.2, -0.15) is 0 Å². The number of benzene rings is 3. The molecule has 0 saturated carbocycles. The first kappa shape index (κ1) is 16.3. The van der Waals surface area contributed by atoms with E-state index < -0.39 is 0 Å². The number of methoxy groups -OCH3 is 1. The van der Waals surface area contributed by atoms with Gasteiger partial charge < -0.3 is 19.6 Å². The molecule has 4 rings (SSSR count). The highest BCUT2D eigenvalue weighted by Crippen LogP contribution is 2.38. The Bertz CT molecular complexity index is 865. The lowest BCUT2D eigenvalue weighted by atomic mass is 10.0. The molecule has 1 N–H and O–H groups in total. The fourth-order valence-electron chi connectivity index (χ4n) is 3.54. The minimum Gasteiger partial charge on any atom is -0.508 e. The molecule has 1 heterocycles. The maximum Gasteiger partial charge on any atom is 0.120 e. The van der Waals surface area contributed by atoms with Gasteiger partial charge in [0.2, 0.25) is 0 Å². The number of phenols is 1. The van der Waals surface area contributed by atoms with Crippen molar-refractivity contribution < 1.29 is 9.84 Å². The van der Waals surface area contributed by atoms with Gasteiger partial charge in [0, 0.05) is 23.5 Å². The topological polar surface area (TPSA) is 35.9 Å². The van der Waals surface area contributed by atoms with E-state index in [0.29, 0.717) is 5.75 Å². The molecule has 1 fully saturated rings. The molecule has 1 atom stereocenters. The summed E-state index contributed by atoms with van der Waals surface area (Å²) in [6.45, 7) is 1.57. The summed E-state index contributed by atoms with van der Waals surface area (Å²) in [6.07, 6.45) is 0. The highest BCUT2D eigenvalue weighted by Gasteiger charge is 2.33. The molecule has 0 spiro atoms. The summed E-state index contributed by atoms with van der Waals surface area (Å²) in [5.74, 6) is 1.18. The van der Waals surface area contributed by atoms with Crippen LogP contribution in [-0.4, -0.2) is 25.4 Å². The van der Waals surface area contributed by atoms with Crippen LogP contribution in [0.3, 0.4) is 0 Å². The van der Waals surface area contributed by atoms with Crippen LogP contribution in [0.25, 0.3) is 0 Å². The molecule has 0 aromatic heterocycles. The molecule has 1 aliphatic heterocycles. The molecule has 1 aliphatic rings. The van der Waals surface area contributed by atoms with Gasteiger partial charge in [0.1, 0.15) is 11.5 Å². The van der Waals surface area contributed by atoms with Gasteiger partial charge in [-0.3, -0.25) is 0 Å². The fourth-order valence-corrected chi connectivity index (χ4v) is 3.54. The van der Waals surface area contributed by atoms with Crippen molar-refractivity contribution in [3.05, 3.63) is 84.4 Å². The Morgan fingerprint density at radius 1 is 0.846 bits per heavy atom. The number of phenolic OH excluding ortho intramolecular Hbond substituents is 1. The van der Waals surface area contributed by atoms with Gasteiger partial charge in [-0.15, -0.1) is 0 Å². The van der Waals surface area contributed by atoms with Gasteiger partial charge in [0.15, 0.2) is 0 Å². The van der Waals surface area contributed by atoms with Gasteiger partial charge in [-0.25, -0.2) is 0 Å². The minimum absolute atomic E-state index is 0.0739. The van der Waals surface area contributed by atoms with Crippen LogP contribution in [-0.2, 0) is 0 Å². The SMILES string of the molecule is COc1ccc(N2CN(c3ccccc3)CC2c2ccccc2O)cc1. The molecule has 26 heavy (non-hydrogen) atoms. The Hall–Kier alpha value is -3.14. The van der Waals surface area contributed by atoms with Gasteiger partial charge in [0.25, 0.3) is 0 Å². The lowest BCUT2D eigenvalue weighted by molar-refractivity contribution is 0.415. The number of rotatable bonds is 4. The third kappa shape index (κ3) is 3.06. The van der Waals surface area contributed by atoms with E-state index in [0.717, 1.165) is 30.2 Å². The summed E-state index contributed by atoms with van der Waals surface area (Å²) < 4.78 is 5.28. The Morgan fingerprint density at radius 2 is 1.54 bits per heavy atom. The molecule has 0 radical (unpaired) electrons. The van der Waals surface area contributed by atoms with E-state index >= 15 is 0 Å². The summed E-state index contributed by atoms with van der Waals surface area (Å²) in [7, 11) is 1.67. The zero-order chi connectivity index (χ0) is 17.9. The summed E-state index contributed by atoms with van der Waals surface area (Å²) in [4.78, 5) is 4.66. The van der Waals surface area contributed by atoms with E-state index in [1.165, 1.54) is 5.69 Å². The number of ether oxygens (including phenoxy) is 1. The molecule has 1 saturated heterocycles. The molecule has 4 nitrogen and oxygen atoms in total. The van der Waals surface area contributed by atoms with Crippen LogP contribution in [0.5, 0.6) is 11.5 Å². The van der Waals surface area contributed by atoms with E-state index in [-0.39, 0.29) is 6.04 Å². The molecule has 1 unspecified atom stereocenters. The first-order valence-electron chi connectivity index (χ1n) is 8.75. The van der Waals surface area contributed by atoms with Gasteiger partial charge in [-0.1, -0.05) is 36.4 Å². The van der Waals surface area contributed by atoms with Crippen molar-refractivity contribution in [2.45, 2.75) is 6.04 Å². The van der Waals surface area contributed by atoms with E-state index in [4.69, 9.17) is 4.74 Å². The van der Waals surface area contributed by atoms with Crippen LogP contribution in [0.4, 0.5) is 11.4 Å². The molecule has 0 bridgehead atoms. The second kappa shape index (κ2) is 7.00. The molecule has 132 valence electrons. The summed E-state index contributed by atoms with van der Waals surface area (Å²) in [5, 5.41) is 10.4. The van der Waals surface area contributed by atoms with Gasteiger partial charge >= 0.3 is 0 Å². The standard InChI is InChI=1S/C22H22N2O2/c1-26-19-13-11-18(12-14-19)24-16-23(17-7-3-2-4-8-17)15-21(24)20-9-5-6-10-22(20)25/h2-14,21,25H,15-16H2,1H3. The van der Waals surface area contributed by atoms with Crippen molar-refractivity contribution in [3.63, 3.8) is 0 Å². The minimum atomic E-state index is 0.0739. The van der Waals surface area contributed by atoms with Crippen LogP contribution in [0.2, 0.25) is 0 Å². The Kier molecular flexibility index (Phi) is 4.40. The predicted molar refractivity (Wildman–Crippen MR) is 105 cm³/mol. The molecule has 4 heteroatoms. The van der Waals surface area contributed by atoms with Crippen LogP contribution in [0.1, 0.15) is 11.6 Å². The van der Waals surface area contributed by atoms with Gasteiger partial charge in [-0.05, 0) is 42.5 Å². The molecular weight excluding hydrogens is 324 g/mol. The normalized spacial score (nSPS) is 16.7. The summed E-state index contributed by atoms with van der Waals surface area (Å²) in [6, 6.07) is 26.2. The van der Waals surface area contributed by atoms with Gasteiger partial charge in [0.05, 0.1) is 19.8 Å². The number of anilines is 2. The Labute approximate surface area is 153 Å². The first-order valence-corrected chi connectivity index (χ1v) is 8.75. The highest BCUT2D eigenvalue weighted by molar-refractivity contribution is 5.59. The van der Waals surface area contributed by atoms with Crippen LogP contribution in [0.15, 0.2) is 78.9 Å². The zero-order valence-corrected chi connectivity index (χ0v) is 14.7. The average molecular weight is 346 g/mol. The van der Waals surface area contributed by atoms with Crippen molar-refractivity contribution >= 4 is 11.4 Å². The maximum absolute atomic E-state index is 10.4. The molecule has 3 aromatic carbocycles. The number of nitrogens with zero attached hydrogens (tertiary/aromatic N) is 2. The first-order chi connectivity index (χ1) is 12.8. The Balaban J connectivity index is 1.71. The van der Waals surface area contributed by atoms with Crippen LogP contribution in [0, 0.1) is 0 Å². The van der Waals surface area contributed by atoms with E-state index in [2.05, 4.69) is 46.2 Å². The molecule has 0 amide bonds. The smallest absolute Gasteiger partial charge is 0.120 e. The Morgan fingerprint density at radius 3 is 2.23 bits per heavy atom. The molecular formula is C22H22N2O2. The van der Waals surface area contributed by atoms with E-state index in [1.807, 2.05) is 36.4 Å². The number of hydrogen-bond acceptors (Lipinski definition) is 4. The van der Waals surface area contributed by atoms with Crippen molar-refractivity contribution in [2.24, 2.45) is 0 Å². The number of aromatic hydroxyl groups is 1. The van der Waals surface area contributed by atoms with E-state index in [9.17, 15) is 5.11 Å². The van der Waals surface area contributed by atoms with Crippen LogP contribution < -0.4 is 14.5 Å². The molecule has 3 aromatic rings. The zero-order valence-electron chi connectivity index (χ0n) is 14.7. The maximum atomic E-state index is 10.4. The third-order valence-corrected chi connectivity index (χ3v) is 4.91. The summed E-state index contributed by atoms with van der Waals surface area (Å²) >= 11 is 0. The van der Waals surface area contributed by atoms with Crippen LogP contribution >= 0.6 is 0 Å². The highest BCUT2D eigenvalue weighted by atomic mass is 16.5. The van der Waals surface area contributed by atoms with Crippen molar-refractivity contribution in [1.82, 2.24) is 0 Å². The second-order valence-electron chi connectivity index (χ2n) is 6.44. The predicted octanol–water partition coefficient (Wildman–Crippen LogP) is 4.43. The quantitative estimate of drug-likeness (QED) is 0.758. The largest absolute Gasteiger partial charge is 0.508 e. The van der Waals surface area contributed by atoms with E-state index in [1.54, 1.807) is 13.2 Å². The third-order valence-electron chi connectivity index (χ3n) is 4.91. The fraction of sp³-hybridized carbons (Fsp3) is 0.182. The van der Waals surface area contributed by atoms with Crippen molar-refractivity contribution in [3.8, 4) is 11.5 Å². The lowest BCUT2D eigenvalue weighted by Gasteiger charge is -2.26. The molecule has 0 aliphatic carbocycles. The number of hydrogen-bond donors (Lipinski definition) is 1. The monoisotopic (exact) mass is 346 g/mol. The van der Waals surface area contributed by atoms with Crippen molar-refractivity contribution in [1.29, 1.82) is 0 Å². The summed E-state index contributed by atoms with van der Waals surface area (Å²) in [5.41, 5.74) is 3.24. The average Bonchev–Trinajstić information content (AvgIpc) is 3.14. The number of para-hydroxylation sites is 2.